The summed E-state index contributed by atoms with van der Waals surface area (Å²) in [7, 11) is 0. The van der Waals surface area contributed by atoms with Gasteiger partial charge in [0.05, 0.1) is 18.6 Å². The van der Waals surface area contributed by atoms with Crippen LogP contribution in [0.5, 0.6) is 0 Å². The molecule has 0 bridgehead atoms. The summed E-state index contributed by atoms with van der Waals surface area (Å²) in [5.41, 5.74) is 2.57. The number of aromatic nitrogens is 2. The molecule has 4 rings (SSSR count). The van der Waals surface area contributed by atoms with Crippen LogP contribution in [0, 0.1) is 18.6 Å². The molecule has 1 fully saturated rings. The molecule has 7 heteroatoms. The van der Waals surface area contributed by atoms with Gasteiger partial charge in [-0.1, -0.05) is 6.07 Å². The van der Waals surface area contributed by atoms with Crippen LogP contribution < -0.4 is 0 Å². The van der Waals surface area contributed by atoms with Crippen molar-refractivity contribution in [2.45, 2.75) is 19.6 Å². The van der Waals surface area contributed by atoms with E-state index >= 15 is 0 Å². The number of rotatable bonds is 3. The Balaban J connectivity index is 1.70. The van der Waals surface area contributed by atoms with Gasteiger partial charge in [0.15, 0.2) is 5.82 Å². The van der Waals surface area contributed by atoms with Crippen molar-refractivity contribution in [2.75, 3.05) is 13.1 Å². The van der Waals surface area contributed by atoms with E-state index in [1.54, 1.807) is 25.1 Å². The number of pyridine rings is 1. The molecule has 4 nitrogen and oxygen atoms in total. The lowest BCUT2D eigenvalue weighted by atomic mass is 10.0. The Labute approximate surface area is 147 Å². The van der Waals surface area contributed by atoms with Crippen molar-refractivity contribution >= 4 is 16.9 Å². The van der Waals surface area contributed by atoms with E-state index in [1.165, 1.54) is 27.9 Å². The van der Waals surface area contributed by atoms with Crippen LogP contribution in [0.4, 0.5) is 13.2 Å². The maximum Gasteiger partial charge on any atom is 0.242 e. The summed E-state index contributed by atoms with van der Waals surface area (Å²) in [5, 5.41) is 0. The first-order chi connectivity index (χ1) is 12.4. The van der Waals surface area contributed by atoms with Crippen molar-refractivity contribution in [3.63, 3.8) is 0 Å². The molecule has 0 N–H and O–H groups in total. The van der Waals surface area contributed by atoms with E-state index in [-0.39, 0.29) is 36.9 Å². The van der Waals surface area contributed by atoms with Gasteiger partial charge in [0.25, 0.3) is 0 Å². The first-order valence-corrected chi connectivity index (χ1v) is 8.25. The van der Waals surface area contributed by atoms with E-state index in [9.17, 15) is 18.0 Å². The molecule has 0 aliphatic carbocycles. The number of halogens is 3. The fourth-order valence-corrected chi connectivity index (χ4v) is 3.11. The quantitative estimate of drug-likeness (QED) is 0.718. The summed E-state index contributed by atoms with van der Waals surface area (Å²) in [4.78, 5) is 17.7. The zero-order valence-electron chi connectivity index (χ0n) is 14.0. The molecule has 26 heavy (non-hydrogen) atoms. The summed E-state index contributed by atoms with van der Waals surface area (Å²) in [6, 6.07) is 6.41. The molecule has 2 aromatic heterocycles. The standard InChI is InChI=1S/C19H16F3N3O/c1-11-4-12(2-3-15(11)21)13-5-17-19(23-6-13)16(22)9-24(17)10-18(26)25-7-14(20)8-25/h2-6,9,14H,7-8,10H2,1H3. The number of hydrogen-bond acceptors (Lipinski definition) is 2. The maximum absolute atomic E-state index is 14.1. The highest BCUT2D eigenvalue weighted by Crippen LogP contribution is 2.27. The molecule has 1 amide bonds. The Morgan fingerprint density at radius 2 is 1.96 bits per heavy atom. The summed E-state index contributed by atoms with van der Waals surface area (Å²) >= 11 is 0. The van der Waals surface area contributed by atoms with Crippen molar-refractivity contribution in [2.24, 2.45) is 0 Å². The van der Waals surface area contributed by atoms with Gasteiger partial charge in [-0.3, -0.25) is 9.78 Å². The second kappa shape index (κ2) is 6.16. The van der Waals surface area contributed by atoms with E-state index in [1.807, 2.05) is 0 Å². The highest BCUT2D eigenvalue weighted by molar-refractivity contribution is 5.84. The number of alkyl halides is 1. The lowest BCUT2D eigenvalue weighted by Crippen LogP contribution is -2.52. The highest BCUT2D eigenvalue weighted by atomic mass is 19.1. The monoisotopic (exact) mass is 359 g/mol. The number of carbonyl (C=O) groups excluding carboxylic acids is 1. The normalized spacial score (nSPS) is 14.7. The van der Waals surface area contributed by atoms with Crippen LogP contribution in [-0.2, 0) is 11.3 Å². The molecule has 0 radical (unpaired) electrons. The van der Waals surface area contributed by atoms with Crippen LogP contribution >= 0.6 is 0 Å². The van der Waals surface area contributed by atoms with Gasteiger partial charge in [0.1, 0.15) is 24.1 Å². The van der Waals surface area contributed by atoms with Gasteiger partial charge in [-0.25, -0.2) is 13.2 Å². The first kappa shape index (κ1) is 16.6. The zero-order valence-corrected chi connectivity index (χ0v) is 14.0. The SMILES string of the molecule is Cc1cc(-c2cnc3c(F)cn(CC(=O)N4CC(F)C4)c3c2)ccc1F. The van der Waals surface area contributed by atoms with Crippen LogP contribution in [0.3, 0.4) is 0 Å². The third-order valence-electron chi connectivity index (χ3n) is 4.66. The lowest BCUT2D eigenvalue weighted by Gasteiger charge is -2.34. The molecule has 0 saturated carbocycles. The van der Waals surface area contributed by atoms with Crippen LogP contribution in [0.2, 0.25) is 0 Å². The molecule has 3 aromatic rings. The molecule has 0 atom stereocenters. The van der Waals surface area contributed by atoms with Gasteiger partial charge in [-0.05, 0) is 36.2 Å². The van der Waals surface area contributed by atoms with E-state index in [4.69, 9.17) is 0 Å². The van der Waals surface area contributed by atoms with Gasteiger partial charge in [0.2, 0.25) is 5.91 Å². The molecular weight excluding hydrogens is 343 g/mol. The van der Waals surface area contributed by atoms with E-state index in [0.717, 1.165) is 5.56 Å². The predicted octanol–water partition coefficient (Wildman–Crippen LogP) is 3.47. The fourth-order valence-electron chi connectivity index (χ4n) is 3.11. The summed E-state index contributed by atoms with van der Waals surface area (Å²) in [5.74, 6) is -1.09. The summed E-state index contributed by atoms with van der Waals surface area (Å²) < 4.78 is 42.0. The van der Waals surface area contributed by atoms with Crippen LogP contribution in [0.25, 0.3) is 22.2 Å². The number of hydrogen-bond donors (Lipinski definition) is 0. The van der Waals surface area contributed by atoms with Crippen molar-refractivity contribution in [1.82, 2.24) is 14.5 Å². The molecule has 3 heterocycles. The predicted molar refractivity (Wildman–Crippen MR) is 91.3 cm³/mol. The second-order valence-corrected chi connectivity index (χ2v) is 6.56. The summed E-state index contributed by atoms with van der Waals surface area (Å²) in [6.07, 6.45) is 1.77. The molecule has 0 spiro atoms. The summed E-state index contributed by atoms with van der Waals surface area (Å²) in [6.45, 7) is 1.75. The minimum Gasteiger partial charge on any atom is -0.335 e. The Morgan fingerprint density at radius 3 is 2.65 bits per heavy atom. The minimum atomic E-state index is -0.980. The fraction of sp³-hybridized carbons (Fsp3) is 0.263. The molecule has 1 aliphatic rings. The second-order valence-electron chi connectivity index (χ2n) is 6.56. The highest BCUT2D eigenvalue weighted by Gasteiger charge is 2.30. The lowest BCUT2D eigenvalue weighted by molar-refractivity contribution is -0.138. The number of nitrogens with zero attached hydrogens (tertiary/aromatic N) is 3. The zero-order chi connectivity index (χ0) is 18.4. The average Bonchev–Trinajstić information content (AvgIpc) is 2.89. The largest absolute Gasteiger partial charge is 0.335 e. The third-order valence-corrected chi connectivity index (χ3v) is 4.66. The van der Waals surface area contributed by atoms with Crippen molar-refractivity contribution in [1.29, 1.82) is 0 Å². The van der Waals surface area contributed by atoms with Crippen LogP contribution in [0.15, 0.2) is 36.7 Å². The van der Waals surface area contributed by atoms with Crippen molar-refractivity contribution < 1.29 is 18.0 Å². The Hall–Kier alpha value is -2.83. The van der Waals surface area contributed by atoms with Gasteiger partial charge in [0, 0.05) is 18.0 Å². The smallest absolute Gasteiger partial charge is 0.242 e. The van der Waals surface area contributed by atoms with Crippen molar-refractivity contribution in [3.05, 3.63) is 53.9 Å². The third kappa shape index (κ3) is 2.83. The van der Waals surface area contributed by atoms with E-state index < -0.39 is 12.0 Å². The van der Waals surface area contributed by atoms with Gasteiger partial charge >= 0.3 is 0 Å². The minimum absolute atomic E-state index is 0.0822. The molecule has 0 unspecified atom stereocenters. The Bertz CT molecular complexity index is 1010. The number of amides is 1. The maximum atomic E-state index is 14.1. The average molecular weight is 359 g/mol. The molecule has 134 valence electrons. The number of benzene rings is 1. The number of aryl methyl sites for hydroxylation is 1. The number of fused-ring (bicyclic) bond motifs is 1. The molecular formula is C19H16F3N3O. The first-order valence-electron chi connectivity index (χ1n) is 8.25. The van der Waals surface area contributed by atoms with Gasteiger partial charge in [-0.2, -0.15) is 0 Å². The van der Waals surface area contributed by atoms with Crippen LogP contribution in [-0.4, -0.2) is 39.6 Å². The van der Waals surface area contributed by atoms with Gasteiger partial charge in [-0.15, -0.1) is 0 Å². The molecule has 1 aromatic carbocycles. The topological polar surface area (TPSA) is 38.1 Å². The van der Waals surface area contributed by atoms with Crippen molar-refractivity contribution in [3.8, 4) is 11.1 Å². The molecule has 1 saturated heterocycles. The van der Waals surface area contributed by atoms with Gasteiger partial charge < -0.3 is 9.47 Å². The van der Waals surface area contributed by atoms with E-state index in [2.05, 4.69) is 4.98 Å². The Kier molecular flexibility index (Phi) is 3.94. The van der Waals surface area contributed by atoms with Crippen LogP contribution in [0.1, 0.15) is 5.56 Å². The number of likely N-dealkylation sites (tertiary alicyclic amines) is 1. The number of carbonyl (C=O) groups is 1. The molecule has 1 aliphatic heterocycles. The Morgan fingerprint density at radius 1 is 1.19 bits per heavy atom. The van der Waals surface area contributed by atoms with E-state index in [0.29, 0.717) is 16.6 Å².